The first-order valence-electron chi connectivity index (χ1n) is 13.0. The Morgan fingerprint density at radius 3 is 2.60 bits per heavy atom. The van der Waals surface area contributed by atoms with Gasteiger partial charge in [0.05, 0.1) is 22.4 Å². The molecule has 0 bridgehead atoms. The topological polar surface area (TPSA) is 103 Å². The van der Waals surface area contributed by atoms with E-state index in [1.165, 1.54) is 6.20 Å². The normalized spacial score (nSPS) is 13.7. The minimum atomic E-state index is 0.0150. The number of nitrogen functional groups attached to an aromatic ring is 1. The van der Waals surface area contributed by atoms with E-state index >= 15 is 0 Å². The van der Waals surface area contributed by atoms with Crippen LogP contribution in [0.5, 0.6) is 0 Å². The van der Waals surface area contributed by atoms with Gasteiger partial charge in [0.2, 0.25) is 0 Å². The van der Waals surface area contributed by atoms with Crippen LogP contribution < -0.4 is 5.73 Å². The van der Waals surface area contributed by atoms with Crippen molar-refractivity contribution in [2.45, 2.75) is 12.8 Å². The zero-order valence-corrected chi connectivity index (χ0v) is 22.6. The molecular weight excluding hydrogens is 522 g/mol. The van der Waals surface area contributed by atoms with Crippen molar-refractivity contribution in [2.75, 3.05) is 18.8 Å². The summed E-state index contributed by atoms with van der Waals surface area (Å²) < 4.78 is 1.75. The summed E-state index contributed by atoms with van der Waals surface area (Å²) in [5.41, 5.74) is 11.4. The monoisotopic (exact) mass is 547 g/mol. The fourth-order valence-electron chi connectivity index (χ4n) is 4.92. The molecule has 4 aromatic heterocycles. The lowest BCUT2D eigenvalue weighted by Crippen LogP contribution is -2.38. The summed E-state index contributed by atoms with van der Waals surface area (Å²) >= 11 is 6.28. The Labute approximate surface area is 236 Å². The number of piperidine rings is 1. The summed E-state index contributed by atoms with van der Waals surface area (Å²) in [6.45, 7) is 1.30. The number of aryl methyl sites for hydroxylation is 1. The number of nitrogens with two attached hydrogens (primary N) is 1. The molecule has 0 atom stereocenters. The molecular formula is C31H26ClN7O. The van der Waals surface area contributed by atoms with Crippen molar-refractivity contribution in [3.63, 3.8) is 0 Å². The van der Waals surface area contributed by atoms with E-state index in [2.05, 4.69) is 26.9 Å². The molecule has 1 saturated heterocycles. The molecule has 0 unspecified atom stereocenters. The fourth-order valence-corrected chi connectivity index (χ4v) is 5.13. The molecule has 5 heterocycles. The Bertz CT molecular complexity index is 1780. The van der Waals surface area contributed by atoms with E-state index in [0.717, 1.165) is 46.1 Å². The number of pyridine rings is 3. The first-order chi connectivity index (χ1) is 19.4. The second-order valence-electron chi connectivity index (χ2n) is 9.83. The van der Waals surface area contributed by atoms with E-state index in [-0.39, 0.29) is 11.8 Å². The van der Waals surface area contributed by atoms with Crippen molar-refractivity contribution in [1.29, 1.82) is 0 Å². The number of aromatic nitrogens is 5. The highest BCUT2D eigenvalue weighted by Gasteiger charge is 2.23. The van der Waals surface area contributed by atoms with Gasteiger partial charge in [0.1, 0.15) is 11.5 Å². The van der Waals surface area contributed by atoms with Crippen LogP contribution in [0, 0.1) is 17.8 Å². The third kappa shape index (κ3) is 5.24. The zero-order chi connectivity index (χ0) is 27.6. The molecule has 1 amide bonds. The standard InChI is InChI=1S/C31H26ClN7O/c1-38-19-23(17-36-38)28-16-29-24(3-2-12-34-29)27(37-28)9-4-20-10-13-39(14-11-20)31(40)22-7-5-21(6-8-22)25-15-30(33)35-18-26(25)32/h2-3,5-8,12,15-20H,10-11,13-14H2,1H3,(H2,33,35). The molecule has 9 heteroatoms. The largest absolute Gasteiger partial charge is 0.384 e. The number of carbonyl (C=O) groups is 1. The minimum absolute atomic E-state index is 0.0150. The molecule has 0 spiro atoms. The highest BCUT2D eigenvalue weighted by molar-refractivity contribution is 6.33. The predicted molar refractivity (Wildman–Crippen MR) is 156 cm³/mol. The number of benzene rings is 1. The van der Waals surface area contributed by atoms with Crippen LogP contribution in [0.3, 0.4) is 0 Å². The Kier molecular flexibility index (Phi) is 6.89. The molecule has 198 valence electrons. The minimum Gasteiger partial charge on any atom is -0.384 e. The van der Waals surface area contributed by atoms with Gasteiger partial charge in [0, 0.05) is 66.7 Å². The van der Waals surface area contributed by atoms with Crippen molar-refractivity contribution in [3.05, 3.63) is 89.6 Å². The van der Waals surface area contributed by atoms with Gasteiger partial charge in [-0.3, -0.25) is 14.5 Å². The second kappa shape index (κ2) is 10.8. The van der Waals surface area contributed by atoms with Crippen molar-refractivity contribution in [1.82, 2.24) is 29.6 Å². The Morgan fingerprint density at radius 1 is 1.05 bits per heavy atom. The summed E-state index contributed by atoms with van der Waals surface area (Å²) in [6.07, 6.45) is 8.64. The molecule has 5 aromatic rings. The molecule has 1 aliphatic heterocycles. The first kappa shape index (κ1) is 25.5. The molecule has 8 nitrogen and oxygen atoms in total. The van der Waals surface area contributed by atoms with Crippen molar-refractivity contribution in [2.24, 2.45) is 13.0 Å². The quantitative estimate of drug-likeness (QED) is 0.310. The van der Waals surface area contributed by atoms with Gasteiger partial charge in [0.15, 0.2) is 0 Å². The average molecular weight is 548 g/mol. The first-order valence-corrected chi connectivity index (χ1v) is 13.4. The van der Waals surface area contributed by atoms with Gasteiger partial charge in [-0.1, -0.05) is 29.7 Å². The van der Waals surface area contributed by atoms with Crippen LogP contribution in [0.25, 0.3) is 33.3 Å². The number of halogens is 1. The van der Waals surface area contributed by atoms with Crippen LogP contribution in [0.4, 0.5) is 5.82 Å². The Balaban J connectivity index is 1.15. The molecule has 0 saturated carbocycles. The number of likely N-dealkylation sites (tertiary alicyclic amines) is 1. The smallest absolute Gasteiger partial charge is 0.253 e. The molecule has 2 N–H and O–H groups in total. The van der Waals surface area contributed by atoms with E-state index in [1.54, 1.807) is 23.1 Å². The molecule has 40 heavy (non-hydrogen) atoms. The molecule has 1 fully saturated rings. The number of rotatable bonds is 3. The van der Waals surface area contributed by atoms with Crippen molar-refractivity contribution in [3.8, 4) is 34.2 Å². The highest BCUT2D eigenvalue weighted by Crippen LogP contribution is 2.29. The maximum absolute atomic E-state index is 13.2. The van der Waals surface area contributed by atoms with E-state index in [4.69, 9.17) is 22.3 Å². The third-order valence-electron chi connectivity index (χ3n) is 7.10. The lowest BCUT2D eigenvalue weighted by atomic mass is 9.96. The van der Waals surface area contributed by atoms with Gasteiger partial charge < -0.3 is 10.6 Å². The van der Waals surface area contributed by atoms with Crippen molar-refractivity contribution < 1.29 is 4.79 Å². The van der Waals surface area contributed by atoms with Gasteiger partial charge in [-0.15, -0.1) is 0 Å². The number of hydrogen-bond donors (Lipinski definition) is 1. The molecule has 1 aliphatic rings. The maximum Gasteiger partial charge on any atom is 0.253 e. The molecule has 1 aromatic carbocycles. The van der Waals surface area contributed by atoms with E-state index in [9.17, 15) is 4.79 Å². The molecule has 6 rings (SSSR count). The van der Waals surface area contributed by atoms with Crippen molar-refractivity contribution >= 4 is 34.2 Å². The number of hydrogen-bond acceptors (Lipinski definition) is 6. The van der Waals surface area contributed by atoms with Crippen LogP contribution in [0.15, 0.2) is 73.3 Å². The molecule has 0 aliphatic carbocycles. The van der Waals surface area contributed by atoms with E-state index < -0.39 is 0 Å². The van der Waals surface area contributed by atoms with Crippen LogP contribution in [-0.4, -0.2) is 48.6 Å². The number of carbonyl (C=O) groups excluding carboxylic acids is 1. The summed E-state index contributed by atoms with van der Waals surface area (Å²) in [5.74, 6) is 7.34. The summed E-state index contributed by atoms with van der Waals surface area (Å²) in [6, 6.07) is 15.0. The van der Waals surface area contributed by atoms with Gasteiger partial charge in [-0.2, -0.15) is 5.10 Å². The highest BCUT2D eigenvalue weighted by atomic mass is 35.5. The van der Waals surface area contributed by atoms with Gasteiger partial charge in [-0.05, 0) is 60.7 Å². The van der Waals surface area contributed by atoms with E-state index in [1.807, 2.05) is 60.6 Å². The summed E-state index contributed by atoms with van der Waals surface area (Å²) in [7, 11) is 1.88. The van der Waals surface area contributed by atoms with Crippen LogP contribution in [-0.2, 0) is 7.05 Å². The van der Waals surface area contributed by atoms with Crippen LogP contribution in [0.2, 0.25) is 5.02 Å². The zero-order valence-electron chi connectivity index (χ0n) is 21.9. The summed E-state index contributed by atoms with van der Waals surface area (Å²) in [5, 5.41) is 5.70. The number of fused-ring (bicyclic) bond motifs is 1. The SMILES string of the molecule is Cn1cc(-c2cc3ncccc3c(C#CC3CCN(C(=O)c4ccc(-c5cc(N)ncc5Cl)cc4)CC3)n2)cn1. The Hall–Kier alpha value is -4.74. The fraction of sp³-hybridized carbons (Fsp3) is 0.194. The predicted octanol–water partition coefficient (Wildman–Crippen LogP) is 5.23. The number of anilines is 1. The van der Waals surface area contributed by atoms with Crippen LogP contribution in [0.1, 0.15) is 28.9 Å². The maximum atomic E-state index is 13.2. The average Bonchev–Trinajstić information content (AvgIpc) is 3.43. The van der Waals surface area contributed by atoms with Crippen LogP contribution >= 0.6 is 11.6 Å². The number of amides is 1. The van der Waals surface area contributed by atoms with Gasteiger partial charge in [-0.25, -0.2) is 9.97 Å². The lowest BCUT2D eigenvalue weighted by Gasteiger charge is -2.30. The summed E-state index contributed by atoms with van der Waals surface area (Å²) in [4.78, 5) is 28.4. The second-order valence-corrected chi connectivity index (χ2v) is 10.2. The third-order valence-corrected chi connectivity index (χ3v) is 7.40. The molecule has 0 radical (unpaired) electrons. The lowest BCUT2D eigenvalue weighted by molar-refractivity contribution is 0.0708. The van der Waals surface area contributed by atoms with Gasteiger partial charge >= 0.3 is 0 Å². The van der Waals surface area contributed by atoms with E-state index in [0.29, 0.717) is 35.2 Å². The number of nitrogens with zero attached hydrogens (tertiary/aromatic N) is 6. The van der Waals surface area contributed by atoms with Gasteiger partial charge in [0.25, 0.3) is 5.91 Å². The Morgan fingerprint density at radius 2 is 1.85 bits per heavy atom.